The van der Waals surface area contributed by atoms with Gasteiger partial charge in [0.25, 0.3) is 0 Å². The molecule has 1 aromatic carbocycles. The lowest BCUT2D eigenvalue weighted by Crippen LogP contribution is -2.48. The summed E-state index contributed by atoms with van der Waals surface area (Å²) in [5, 5.41) is 3.36. The maximum atomic E-state index is 5.64. The molecule has 0 atom stereocenters. The minimum atomic E-state index is 0.790. The van der Waals surface area contributed by atoms with E-state index < -0.39 is 0 Å². The van der Waals surface area contributed by atoms with Crippen LogP contribution < -0.4 is 15.0 Å². The van der Waals surface area contributed by atoms with Crippen LogP contribution in [0, 0.1) is 0 Å². The van der Waals surface area contributed by atoms with Crippen LogP contribution in [0.3, 0.4) is 0 Å². The third-order valence-electron chi connectivity index (χ3n) is 3.94. The Morgan fingerprint density at radius 1 is 1.18 bits per heavy atom. The minimum absolute atomic E-state index is 0.790. The fourth-order valence-electron chi connectivity index (χ4n) is 2.64. The number of piperazine rings is 1. The Labute approximate surface area is 134 Å². The van der Waals surface area contributed by atoms with Gasteiger partial charge in [-0.25, -0.2) is 0 Å². The first-order chi connectivity index (χ1) is 10.8. The predicted molar refractivity (Wildman–Crippen MR) is 93.9 cm³/mol. The lowest BCUT2D eigenvalue weighted by molar-refractivity contribution is 0.259. The summed E-state index contributed by atoms with van der Waals surface area (Å²) in [5.41, 5.74) is 1.30. The summed E-state index contributed by atoms with van der Waals surface area (Å²) < 4.78 is 5.64. The maximum Gasteiger partial charge on any atom is 0.119 e. The summed E-state index contributed by atoms with van der Waals surface area (Å²) in [6.07, 6.45) is 2.96. The molecule has 0 bridgehead atoms. The topological polar surface area (TPSA) is 27.7 Å². The van der Waals surface area contributed by atoms with Crippen molar-refractivity contribution >= 4 is 5.69 Å². The van der Waals surface area contributed by atoms with Gasteiger partial charge >= 0.3 is 0 Å². The van der Waals surface area contributed by atoms with Crippen LogP contribution in [0.25, 0.3) is 0 Å². The molecule has 1 fully saturated rings. The molecule has 0 aliphatic carbocycles. The molecule has 0 radical (unpaired) electrons. The molecule has 22 heavy (non-hydrogen) atoms. The summed E-state index contributed by atoms with van der Waals surface area (Å²) in [7, 11) is 0. The highest BCUT2D eigenvalue weighted by molar-refractivity contribution is 5.49. The number of rotatable bonds is 9. The summed E-state index contributed by atoms with van der Waals surface area (Å²) in [6.45, 7) is 14.1. The van der Waals surface area contributed by atoms with Crippen molar-refractivity contribution < 1.29 is 4.74 Å². The quantitative estimate of drug-likeness (QED) is 0.560. The molecule has 0 amide bonds. The van der Waals surface area contributed by atoms with Gasteiger partial charge in [-0.1, -0.05) is 13.0 Å². The van der Waals surface area contributed by atoms with Crippen LogP contribution in [0.2, 0.25) is 0 Å². The summed E-state index contributed by atoms with van der Waals surface area (Å²) >= 11 is 0. The van der Waals surface area contributed by atoms with Gasteiger partial charge in [0.1, 0.15) is 5.75 Å². The molecule has 0 spiro atoms. The largest absolute Gasteiger partial charge is 0.494 e. The molecule has 122 valence electrons. The SMILES string of the molecule is C=CCNCCN1CCN(c2ccc(OCCC)cc2)CC1. The Balaban J connectivity index is 1.73. The van der Waals surface area contributed by atoms with Crippen molar-refractivity contribution in [2.45, 2.75) is 13.3 Å². The number of nitrogens with zero attached hydrogens (tertiary/aromatic N) is 2. The van der Waals surface area contributed by atoms with Crippen LogP contribution >= 0.6 is 0 Å². The van der Waals surface area contributed by atoms with Gasteiger partial charge in [-0.3, -0.25) is 4.90 Å². The molecule has 0 unspecified atom stereocenters. The maximum absolute atomic E-state index is 5.64. The van der Waals surface area contributed by atoms with Crippen molar-refractivity contribution in [1.29, 1.82) is 0 Å². The monoisotopic (exact) mass is 303 g/mol. The van der Waals surface area contributed by atoms with E-state index in [4.69, 9.17) is 4.74 Å². The first kappa shape index (κ1) is 16.8. The Morgan fingerprint density at radius 3 is 2.55 bits per heavy atom. The number of hydrogen-bond acceptors (Lipinski definition) is 4. The number of nitrogens with one attached hydrogen (secondary N) is 1. The zero-order valence-corrected chi connectivity index (χ0v) is 13.8. The van der Waals surface area contributed by atoms with Crippen LogP contribution in [0.1, 0.15) is 13.3 Å². The van der Waals surface area contributed by atoms with Gasteiger partial charge in [0, 0.05) is 51.5 Å². The number of benzene rings is 1. The standard InChI is InChI=1S/C18H29N3O/c1-3-9-19-10-11-20-12-14-21(15-13-20)17-5-7-18(8-6-17)22-16-4-2/h3,5-8,19H,1,4,9-16H2,2H3. The second kappa shape index (κ2) is 9.49. The van der Waals surface area contributed by atoms with Crippen molar-refractivity contribution in [3.63, 3.8) is 0 Å². The second-order valence-corrected chi connectivity index (χ2v) is 5.66. The van der Waals surface area contributed by atoms with Crippen molar-refractivity contribution in [2.24, 2.45) is 0 Å². The van der Waals surface area contributed by atoms with Crippen LogP contribution in [0.4, 0.5) is 5.69 Å². The zero-order valence-electron chi connectivity index (χ0n) is 13.8. The van der Waals surface area contributed by atoms with E-state index >= 15 is 0 Å². The lowest BCUT2D eigenvalue weighted by Gasteiger charge is -2.36. The van der Waals surface area contributed by atoms with Gasteiger partial charge in [0.05, 0.1) is 6.61 Å². The Hall–Kier alpha value is -1.52. The van der Waals surface area contributed by atoms with E-state index in [1.807, 2.05) is 6.08 Å². The van der Waals surface area contributed by atoms with E-state index in [1.54, 1.807) is 0 Å². The zero-order chi connectivity index (χ0) is 15.6. The van der Waals surface area contributed by atoms with Gasteiger partial charge in [-0.15, -0.1) is 6.58 Å². The van der Waals surface area contributed by atoms with Crippen molar-refractivity contribution in [2.75, 3.05) is 57.3 Å². The summed E-state index contributed by atoms with van der Waals surface area (Å²) in [6, 6.07) is 8.51. The molecule has 1 aliphatic rings. The first-order valence-electron chi connectivity index (χ1n) is 8.35. The van der Waals surface area contributed by atoms with Crippen LogP contribution in [0.15, 0.2) is 36.9 Å². The van der Waals surface area contributed by atoms with Crippen LogP contribution in [-0.2, 0) is 0 Å². The van der Waals surface area contributed by atoms with E-state index in [2.05, 4.69) is 52.9 Å². The molecule has 4 nitrogen and oxygen atoms in total. The molecule has 1 N–H and O–H groups in total. The molecule has 1 aliphatic heterocycles. The second-order valence-electron chi connectivity index (χ2n) is 5.66. The summed E-state index contributed by atoms with van der Waals surface area (Å²) in [4.78, 5) is 4.97. The summed E-state index contributed by atoms with van der Waals surface area (Å²) in [5.74, 6) is 0.970. The van der Waals surface area contributed by atoms with Gasteiger partial charge in [0.15, 0.2) is 0 Å². The minimum Gasteiger partial charge on any atom is -0.494 e. The number of hydrogen-bond donors (Lipinski definition) is 1. The van der Waals surface area contributed by atoms with Crippen LogP contribution in [0.5, 0.6) is 5.75 Å². The van der Waals surface area contributed by atoms with Gasteiger partial charge < -0.3 is 15.0 Å². The van der Waals surface area contributed by atoms with Gasteiger partial charge in [-0.2, -0.15) is 0 Å². The molecular weight excluding hydrogens is 274 g/mol. The molecule has 0 saturated carbocycles. The Bertz CT molecular complexity index is 424. The molecule has 1 saturated heterocycles. The van der Waals surface area contributed by atoms with E-state index in [9.17, 15) is 0 Å². The van der Waals surface area contributed by atoms with Crippen molar-refractivity contribution in [3.05, 3.63) is 36.9 Å². The molecule has 1 heterocycles. The smallest absolute Gasteiger partial charge is 0.119 e. The molecule has 0 aromatic heterocycles. The third-order valence-corrected chi connectivity index (χ3v) is 3.94. The van der Waals surface area contributed by atoms with E-state index in [-0.39, 0.29) is 0 Å². The van der Waals surface area contributed by atoms with E-state index in [0.29, 0.717) is 0 Å². The van der Waals surface area contributed by atoms with E-state index in [0.717, 1.165) is 64.6 Å². The molecule has 1 aromatic rings. The Morgan fingerprint density at radius 2 is 1.91 bits per heavy atom. The average molecular weight is 303 g/mol. The fraction of sp³-hybridized carbons (Fsp3) is 0.556. The number of ether oxygens (including phenoxy) is 1. The predicted octanol–water partition coefficient (Wildman–Crippen LogP) is 2.37. The first-order valence-corrected chi connectivity index (χ1v) is 8.35. The Kier molecular flexibility index (Phi) is 7.26. The van der Waals surface area contributed by atoms with E-state index in [1.165, 1.54) is 5.69 Å². The van der Waals surface area contributed by atoms with Gasteiger partial charge in [-0.05, 0) is 30.7 Å². The highest BCUT2D eigenvalue weighted by atomic mass is 16.5. The highest BCUT2D eigenvalue weighted by Crippen LogP contribution is 2.20. The van der Waals surface area contributed by atoms with Gasteiger partial charge in [0.2, 0.25) is 0 Å². The lowest BCUT2D eigenvalue weighted by atomic mass is 10.2. The molecule has 4 heteroatoms. The number of anilines is 1. The molecule has 2 rings (SSSR count). The fourth-order valence-corrected chi connectivity index (χ4v) is 2.64. The van der Waals surface area contributed by atoms with Crippen molar-refractivity contribution in [3.8, 4) is 5.75 Å². The average Bonchev–Trinajstić information content (AvgIpc) is 2.58. The normalized spacial score (nSPS) is 15.8. The third kappa shape index (κ3) is 5.35. The molecular formula is C18H29N3O. The van der Waals surface area contributed by atoms with Crippen LogP contribution in [-0.4, -0.2) is 57.3 Å². The van der Waals surface area contributed by atoms with Crippen molar-refractivity contribution in [1.82, 2.24) is 10.2 Å². The highest BCUT2D eigenvalue weighted by Gasteiger charge is 2.16.